The molecule has 0 spiro atoms. The highest BCUT2D eigenvalue weighted by Crippen LogP contribution is 2.15. The SMILES string of the molecule is Cc1ccc(N(CCCN)CCN2CCOCC2)cc1. The molecule has 0 atom stereocenters. The highest BCUT2D eigenvalue weighted by molar-refractivity contribution is 5.47. The molecule has 2 N–H and O–H groups in total. The molecule has 1 fully saturated rings. The van der Waals surface area contributed by atoms with Crippen LogP contribution in [0.25, 0.3) is 0 Å². The van der Waals surface area contributed by atoms with Crippen LogP contribution >= 0.6 is 0 Å². The summed E-state index contributed by atoms with van der Waals surface area (Å²) < 4.78 is 5.40. The maximum Gasteiger partial charge on any atom is 0.0594 e. The van der Waals surface area contributed by atoms with Gasteiger partial charge >= 0.3 is 0 Å². The molecule has 20 heavy (non-hydrogen) atoms. The van der Waals surface area contributed by atoms with Gasteiger partial charge in [0.1, 0.15) is 0 Å². The molecule has 0 amide bonds. The zero-order valence-electron chi connectivity index (χ0n) is 12.6. The number of rotatable bonds is 7. The summed E-state index contributed by atoms with van der Waals surface area (Å²) >= 11 is 0. The average molecular weight is 277 g/mol. The molecule has 1 aliphatic rings. The van der Waals surface area contributed by atoms with Crippen molar-refractivity contribution in [2.24, 2.45) is 5.73 Å². The molecule has 1 aromatic rings. The van der Waals surface area contributed by atoms with E-state index in [1.807, 2.05) is 0 Å². The predicted octanol–water partition coefficient (Wildman–Crippen LogP) is 1.48. The molecular formula is C16H27N3O. The summed E-state index contributed by atoms with van der Waals surface area (Å²) in [5.41, 5.74) is 8.27. The van der Waals surface area contributed by atoms with Crippen molar-refractivity contribution in [3.63, 3.8) is 0 Å². The number of anilines is 1. The maximum atomic E-state index is 5.66. The van der Waals surface area contributed by atoms with Gasteiger partial charge in [0.2, 0.25) is 0 Å². The summed E-state index contributed by atoms with van der Waals surface area (Å²) in [4.78, 5) is 4.93. The van der Waals surface area contributed by atoms with Gasteiger partial charge in [0, 0.05) is 38.4 Å². The molecule has 4 heteroatoms. The molecule has 1 aliphatic heterocycles. The maximum absolute atomic E-state index is 5.66. The van der Waals surface area contributed by atoms with Gasteiger partial charge < -0.3 is 15.4 Å². The van der Waals surface area contributed by atoms with Crippen LogP contribution in [0.15, 0.2) is 24.3 Å². The van der Waals surface area contributed by atoms with Gasteiger partial charge in [-0.15, -0.1) is 0 Å². The quantitative estimate of drug-likeness (QED) is 0.820. The van der Waals surface area contributed by atoms with E-state index in [9.17, 15) is 0 Å². The van der Waals surface area contributed by atoms with Gasteiger partial charge in [-0.2, -0.15) is 0 Å². The highest BCUT2D eigenvalue weighted by atomic mass is 16.5. The molecule has 1 heterocycles. The van der Waals surface area contributed by atoms with Crippen molar-refractivity contribution < 1.29 is 4.74 Å². The summed E-state index contributed by atoms with van der Waals surface area (Å²) in [6.07, 6.45) is 1.04. The number of hydrogen-bond acceptors (Lipinski definition) is 4. The van der Waals surface area contributed by atoms with Crippen molar-refractivity contribution in [2.45, 2.75) is 13.3 Å². The third-order valence-electron chi connectivity index (χ3n) is 3.82. The Labute approximate surface area is 122 Å². The first-order valence-electron chi connectivity index (χ1n) is 7.61. The van der Waals surface area contributed by atoms with E-state index in [4.69, 9.17) is 10.5 Å². The van der Waals surface area contributed by atoms with Crippen LogP contribution in [0, 0.1) is 6.92 Å². The normalized spacial score (nSPS) is 16.3. The van der Waals surface area contributed by atoms with Crippen LogP contribution in [0.4, 0.5) is 5.69 Å². The standard InChI is InChI=1S/C16H27N3O/c1-15-3-5-16(6-4-15)19(8-2-7-17)10-9-18-11-13-20-14-12-18/h3-6H,2,7-14,17H2,1H3. The minimum Gasteiger partial charge on any atom is -0.379 e. The van der Waals surface area contributed by atoms with Gasteiger partial charge in [0.15, 0.2) is 0 Å². The van der Waals surface area contributed by atoms with Crippen molar-refractivity contribution in [1.82, 2.24) is 4.90 Å². The zero-order valence-corrected chi connectivity index (χ0v) is 12.6. The Balaban J connectivity index is 1.90. The molecule has 0 aromatic heterocycles. The predicted molar refractivity (Wildman–Crippen MR) is 84.3 cm³/mol. The topological polar surface area (TPSA) is 41.7 Å². The minimum atomic E-state index is 0.750. The van der Waals surface area contributed by atoms with Gasteiger partial charge in [-0.1, -0.05) is 17.7 Å². The number of nitrogens with zero attached hydrogens (tertiary/aromatic N) is 2. The molecular weight excluding hydrogens is 250 g/mol. The lowest BCUT2D eigenvalue weighted by molar-refractivity contribution is 0.0391. The lowest BCUT2D eigenvalue weighted by atomic mass is 10.2. The summed E-state index contributed by atoms with van der Waals surface area (Å²) in [7, 11) is 0. The molecule has 0 bridgehead atoms. The molecule has 0 aliphatic carbocycles. The summed E-state index contributed by atoms with van der Waals surface area (Å²) in [6.45, 7) is 9.91. The number of hydrogen-bond donors (Lipinski definition) is 1. The Morgan fingerprint density at radius 1 is 1.15 bits per heavy atom. The lowest BCUT2D eigenvalue weighted by Gasteiger charge is -2.31. The number of nitrogens with two attached hydrogens (primary N) is 1. The van der Waals surface area contributed by atoms with E-state index in [1.165, 1.54) is 11.3 Å². The van der Waals surface area contributed by atoms with Gasteiger partial charge in [0.25, 0.3) is 0 Å². The largest absolute Gasteiger partial charge is 0.379 e. The third kappa shape index (κ3) is 4.78. The van der Waals surface area contributed by atoms with Crippen molar-refractivity contribution >= 4 is 5.69 Å². The average Bonchev–Trinajstić information content (AvgIpc) is 2.50. The second kappa shape index (κ2) is 8.25. The van der Waals surface area contributed by atoms with E-state index < -0.39 is 0 Å². The van der Waals surface area contributed by atoms with E-state index >= 15 is 0 Å². The van der Waals surface area contributed by atoms with E-state index in [2.05, 4.69) is 41.0 Å². The van der Waals surface area contributed by atoms with E-state index in [0.717, 1.165) is 58.9 Å². The van der Waals surface area contributed by atoms with E-state index in [-0.39, 0.29) is 0 Å². The number of ether oxygens (including phenoxy) is 1. The second-order valence-electron chi connectivity index (χ2n) is 5.42. The van der Waals surface area contributed by atoms with Crippen LogP contribution in [0.1, 0.15) is 12.0 Å². The van der Waals surface area contributed by atoms with Gasteiger partial charge in [-0.3, -0.25) is 4.90 Å². The fourth-order valence-electron chi connectivity index (χ4n) is 2.49. The van der Waals surface area contributed by atoms with Gasteiger partial charge in [0.05, 0.1) is 13.2 Å². The van der Waals surface area contributed by atoms with E-state index in [0.29, 0.717) is 0 Å². The summed E-state index contributed by atoms with van der Waals surface area (Å²) in [6, 6.07) is 8.79. The Morgan fingerprint density at radius 3 is 2.50 bits per heavy atom. The molecule has 1 aromatic carbocycles. The highest BCUT2D eigenvalue weighted by Gasteiger charge is 2.12. The van der Waals surface area contributed by atoms with Crippen LogP contribution < -0.4 is 10.6 Å². The van der Waals surface area contributed by atoms with Crippen LogP contribution in [-0.2, 0) is 4.74 Å². The molecule has 4 nitrogen and oxygen atoms in total. The Hall–Kier alpha value is -1.10. The third-order valence-corrected chi connectivity index (χ3v) is 3.82. The molecule has 112 valence electrons. The van der Waals surface area contributed by atoms with Crippen LogP contribution in [0.2, 0.25) is 0 Å². The Kier molecular flexibility index (Phi) is 6.30. The Morgan fingerprint density at radius 2 is 1.85 bits per heavy atom. The van der Waals surface area contributed by atoms with Crippen molar-refractivity contribution in [3.05, 3.63) is 29.8 Å². The first kappa shape index (κ1) is 15.3. The van der Waals surface area contributed by atoms with Crippen molar-refractivity contribution in [3.8, 4) is 0 Å². The van der Waals surface area contributed by atoms with Gasteiger partial charge in [-0.05, 0) is 32.0 Å². The summed E-state index contributed by atoms with van der Waals surface area (Å²) in [5, 5.41) is 0. The molecule has 2 rings (SSSR count). The zero-order chi connectivity index (χ0) is 14.2. The number of benzene rings is 1. The molecule has 0 radical (unpaired) electrons. The fraction of sp³-hybridized carbons (Fsp3) is 0.625. The molecule has 0 saturated carbocycles. The monoisotopic (exact) mass is 277 g/mol. The van der Waals surface area contributed by atoms with Crippen molar-refractivity contribution in [2.75, 3.05) is 57.4 Å². The number of morpholine rings is 1. The smallest absolute Gasteiger partial charge is 0.0594 e. The fourth-order valence-corrected chi connectivity index (χ4v) is 2.49. The van der Waals surface area contributed by atoms with Crippen molar-refractivity contribution in [1.29, 1.82) is 0 Å². The molecule has 0 unspecified atom stereocenters. The second-order valence-corrected chi connectivity index (χ2v) is 5.42. The van der Waals surface area contributed by atoms with E-state index in [1.54, 1.807) is 0 Å². The number of aryl methyl sites for hydroxylation is 1. The lowest BCUT2D eigenvalue weighted by Crippen LogP contribution is -2.42. The summed E-state index contributed by atoms with van der Waals surface area (Å²) in [5.74, 6) is 0. The Bertz CT molecular complexity index is 374. The van der Waals surface area contributed by atoms with Crippen LogP contribution in [0.3, 0.4) is 0 Å². The first-order chi connectivity index (χ1) is 9.79. The first-order valence-corrected chi connectivity index (χ1v) is 7.61. The van der Waals surface area contributed by atoms with Crippen LogP contribution in [-0.4, -0.2) is 57.4 Å². The molecule has 1 saturated heterocycles. The van der Waals surface area contributed by atoms with Gasteiger partial charge in [-0.25, -0.2) is 0 Å². The minimum absolute atomic E-state index is 0.750. The van der Waals surface area contributed by atoms with Crippen LogP contribution in [0.5, 0.6) is 0 Å².